The molecule has 0 aliphatic carbocycles. The monoisotopic (exact) mass is 268 g/mol. The van der Waals surface area contributed by atoms with Crippen molar-refractivity contribution in [2.24, 2.45) is 0 Å². The van der Waals surface area contributed by atoms with Crippen LogP contribution in [0.25, 0.3) is 5.69 Å². The molecule has 3 aromatic rings. The van der Waals surface area contributed by atoms with Crippen molar-refractivity contribution in [3.8, 4) is 5.69 Å². The zero-order valence-corrected chi connectivity index (χ0v) is 11.0. The van der Waals surface area contributed by atoms with Crippen LogP contribution in [0.15, 0.2) is 49.1 Å². The van der Waals surface area contributed by atoms with Gasteiger partial charge in [0.25, 0.3) is 0 Å². The highest BCUT2D eigenvalue weighted by molar-refractivity contribution is 5.30. The number of hydrogen-bond donors (Lipinski definition) is 2. The third-order valence-corrected chi connectivity index (χ3v) is 2.99. The molecule has 2 N–H and O–H groups in total. The molecule has 2 heterocycles. The number of aromatic nitrogens is 5. The minimum atomic E-state index is 0.793. The molecule has 0 aliphatic heterocycles. The summed E-state index contributed by atoms with van der Waals surface area (Å²) >= 11 is 0. The lowest BCUT2D eigenvalue weighted by Crippen LogP contribution is -2.16. The molecule has 0 radical (unpaired) electrons. The average Bonchev–Trinajstić information content (AvgIpc) is 3.16. The summed E-state index contributed by atoms with van der Waals surface area (Å²) in [7, 11) is 0. The quantitative estimate of drug-likeness (QED) is 0.661. The van der Waals surface area contributed by atoms with E-state index in [1.807, 2.05) is 47.4 Å². The Kier molecular flexibility index (Phi) is 3.84. The molecular formula is C14H16N6. The van der Waals surface area contributed by atoms with Crippen molar-refractivity contribution in [2.45, 2.75) is 13.0 Å². The van der Waals surface area contributed by atoms with Crippen molar-refractivity contribution in [1.82, 2.24) is 30.3 Å². The normalized spacial score (nSPS) is 10.8. The standard InChI is InChI=1S/C14H16N6/c1-2-4-13(5-3-1)20-10-12(9-18-20)8-15-7-6-14-16-11-17-19-14/h1-5,9-11,15H,6-8H2,(H,16,17,19). The van der Waals surface area contributed by atoms with E-state index in [9.17, 15) is 0 Å². The second-order valence-corrected chi connectivity index (χ2v) is 4.49. The molecule has 6 nitrogen and oxygen atoms in total. The Balaban J connectivity index is 1.50. The summed E-state index contributed by atoms with van der Waals surface area (Å²) in [6.45, 7) is 1.65. The summed E-state index contributed by atoms with van der Waals surface area (Å²) in [6.07, 6.45) is 6.29. The summed E-state index contributed by atoms with van der Waals surface area (Å²) in [4.78, 5) is 4.08. The predicted octanol–water partition coefficient (Wildman–Crippen LogP) is 1.32. The molecule has 102 valence electrons. The van der Waals surface area contributed by atoms with E-state index >= 15 is 0 Å². The van der Waals surface area contributed by atoms with Gasteiger partial charge >= 0.3 is 0 Å². The predicted molar refractivity (Wildman–Crippen MR) is 75.4 cm³/mol. The molecule has 3 rings (SSSR count). The fourth-order valence-corrected chi connectivity index (χ4v) is 1.96. The number of nitrogens with zero attached hydrogens (tertiary/aromatic N) is 4. The molecule has 20 heavy (non-hydrogen) atoms. The number of hydrogen-bond acceptors (Lipinski definition) is 4. The summed E-state index contributed by atoms with van der Waals surface area (Å²) in [5.41, 5.74) is 2.23. The molecule has 0 bridgehead atoms. The summed E-state index contributed by atoms with van der Waals surface area (Å²) < 4.78 is 1.88. The third kappa shape index (κ3) is 3.10. The van der Waals surface area contributed by atoms with Crippen LogP contribution in [-0.4, -0.2) is 31.5 Å². The van der Waals surface area contributed by atoms with E-state index in [1.54, 1.807) is 0 Å². The third-order valence-electron chi connectivity index (χ3n) is 2.99. The minimum absolute atomic E-state index is 0.793. The van der Waals surface area contributed by atoms with Gasteiger partial charge in [-0.15, -0.1) is 0 Å². The molecule has 1 aromatic carbocycles. The van der Waals surface area contributed by atoms with Gasteiger partial charge < -0.3 is 5.32 Å². The molecule has 0 spiro atoms. The van der Waals surface area contributed by atoms with Crippen molar-refractivity contribution >= 4 is 0 Å². The summed E-state index contributed by atoms with van der Waals surface area (Å²) in [5, 5.41) is 14.4. The highest BCUT2D eigenvalue weighted by atomic mass is 15.3. The topological polar surface area (TPSA) is 71.4 Å². The zero-order chi connectivity index (χ0) is 13.6. The smallest absolute Gasteiger partial charge is 0.137 e. The van der Waals surface area contributed by atoms with Crippen LogP contribution in [-0.2, 0) is 13.0 Å². The number of para-hydroxylation sites is 1. The van der Waals surface area contributed by atoms with Gasteiger partial charge in [-0.25, -0.2) is 9.67 Å². The number of aromatic amines is 1. The molecule has 0 atom stereocenters. The highest BCUT2D eigenvalue weighted by Gasteiger charge is 2.00. The van der Waals surface area contributed by atoms with Gasteiger partial charge in [-0.1, -0.05) is 18.2 Å². The minimum Gasteiger partial charge on any atom is -0.312 e. The van der Waals surface area contributed by atoms with Crippen LogP contribution in [0.3, 0.4) is 0 Å². The van der Waals surface area contributed by atoms with Gasteiger partial charge in [0.15, 0.2) is 0 Å². The molecule has 6 heteroatoms. The van der Waals surface area contributed by atoms with Gasteiger partial charge in [-0.3, -0.25) is 5.10 Å². The van der Waals surface area contributed by atoms with Crippen molar-refractivity contribution in [3.63, 3.8) is 0 Å². The zero-order valence-electron chi connectivity index (χ0n) is 11.0. The van der Waals surface area contributed by atoms with Gasteiger partial charge in [-0.2, -0.15) is 10.2 Å². The van der Waals surface area contributed by atoms with Crippen LogP contribution < -0.4 is 5.32 Å². The lowest BCUT2D eigenvalue weighted by atomic mass is 10.3. The van der Waals surface area contributed by atoms with Crippen LogP contribution in [0, 0.1) is 0 Å². The lowest BCUT2D eigenvalue weighted by Gasteiger charge is -2.01. The average molecular weight is 268 g/mol. The molecule has 0 fully saturated rings. The Labute approximate surface area is 116 Å². The Bertz CT molecular complexity index is 629. The van der Waals surface area contributed by atoms with Crippen LogP contribution in [0.1, 0.15) is 11.4 Å². The number of rotatable bonds is 6. The molecule has 0 unspecified atom stereocenters. The van der Waals surface area contributed by atoms with Crippen molar-refractivity contribution < 1.29 is 0 Å². The molecule has 2 aromatic heterocycles. The van der Waals surface area contributed by atoms with Gasteiger partial charge in [0.05, 0.1) is 11.9 Å². The first-order chi connectivity index (χ1) is 9.92. The van der Waals surface area contributed by atoms with Gasteiger partial charge in [0, 0.05) is 31.3 Å². The van der Waals surface area contributed by atoms with E-state index in [-0.39, 0.29) is 0 Å². The SMILES string of the molecule is c1ccc(-n2cc(CNCCc3ncn[nH]3)cn2)cc1. The summed E-state index contributed by atoms with van der Waals surface area (Å²) in [5.74, 6) is 0.900. The van der Waals surface area contributed by atoms with E-state index < -0.39 is 0 Å². The Hall–Kier alpha value is -2.47. The van der Waals surface area contributed by atoms with Crippen LogP contribution in [0.5, 0.6) is 0 Å². The first-order valence-electron chi connectivity index (χ1n) is 6.56. The van der Waals surface area contributed by atoms with E-state index in [0.29, 0.717) is 0 Å². The van der Waals surface area contributed by atoms with E-state index in [0.717, 1.165) is 36.6 Å². The first-order valence-corrected chi connectivity index (χ1v) is 6.56. The van der Waals surface area contributed by atoms with Gasteiger partial charge in [-0.05, 0) is 12.1 Å². The van der Waals surface area contributed by atoms with Crippen molar-refractivity contribution in [1.29, 1.82) is 0 Å². The van der Waals surface area contributed by atoms with E-state index in [1.165, 1.54) is 6.33 Å². The Morgan fingerprint density at radius 3 is 2.90 bits per heavy atom. The maximum Gasteiger partial charge on any atom is 0.137 e. The van der Waals surface area contributed by atoms with Crippen molar-refractivity contribution in [2.75, 3.05) is 6.54 Å². The fourth-order valence-electron chi connectivity index (χ4n) is 1.96. The van der Waals surface area contributed by atoms with Crippen LogP contribution in [0.4, 0.5) is 0 Å². The largest absolute Gasteiger partial charge is 0.312 e. The molecule has 0 saturated heterocycles. The van der Waals surface area contributed by atoms with Gasteiger partial charge in [0.1, 0.15) is 12.2 Å². The number of nitrogens with one attached hydrogen (secondary N) is 2. The molecule has 0 amide bonds. The lowest BCUT2D eigenvalue weighted by molar-refractivity contribution is 0.671. The Morgan fingerprint density at radius 2 is 2.10 bits per heavy atom. The van der Waals surface area contributed by atoms with E-state index in [2.05, 4.69) is 25.6 Å². The summed E-state index contributed by atoms with van der Waals surface area (Å²) in [6, 6.07) is 10.1. The maximum atomic E-state index is 4.36. The molecule has 0 aliphatic rings. The fraction of sp³-hybridized carbons (Fsp3) is 0.214. The first kappa shape index (κ1) is 12.6. The second kappa shape index (κ2) is 6.12. The maximum absolute atomic E-state index is 4.36. The number of H-pyrrole nitrogens is 1. The molecular weight excluding hydrogens is 252 g/mol. The van der Waals surface area contributed by atoms with E-state index in [4.69, 9.17) is 0 Å². The van der Waals surface area contributed by atoms with Crippen molar-refractivity contribution in [3.05, 3.63) is 60.4 Å². The Morgan fingerprint density at radius 1 is 1.20 bits per heavy atom. The van der Waals surface area contributed by atoms with Crippen LogP contribution in [0.2, 0.25) is 0 Å². The molecule has 0 saturated carbocycles. The van der Waals surface area contributed by atoms with Crippen LogP contribution >= 0.6 is 0 Å². The van der Waals surface area contributed by atoms with Gasteiger partial charge in [0.2, 0.25) is 0 Å². The highest BCUT2D eigenvalue weighted by Crippen LogP contribution is 2.07. The second-order valence-electron chi connectivity index (χ2n) is 4.49. The number of benzene rings is 1.